The van der Waals surface area contributed by atoms with Gasteiger partial charge in [0, 0.05) is 45.3 Å². The molecule has 1 aromatic heterocycles. The van der Waals surface area contributed by atoms with Gasteiger partial charge in [-0.25, -0.2) is 18.7 Å². The summed E-state index contributed by atoms with van der Waals surface area (Å²) in [6.45, 7) is 2.68. The Morgan fingerprint density at radius 3 is 2.64 bits per heavy atom. The fourth-order valence-electron chi connectivity index (χ4n) is 3.63. The molecule has 0 bridgehead atoms. The Labute approximate surface area is 162 Å². The maximum absolute atomic E-state index is 14.0. The molecule has 1 amide bonds. The minimum absolute atomic E-state index is 0.0101. The van der Waals surface area contributed by atoms with Crippen molar-refractivity contribution in [3.8, 4) is 0 Å². The highest BCUT2D eigenvalue weighted by atomic mass is 19.1. The van der Waals surface area contributed by atoms with E-state index < -0.39 is 11.6 Å². The summed E-state index contributed by atoms with van der Waals surface area (Å²) in [6.07, 6.45) is 2.20. The number of amides is 1. The first-order valence-electron chi connectivity index (χ1n) is 9.27. The summed E-state index contributed by atoms with van der Waals surface area (Å²) in [6, 6.07) is 5.73. The third kappa shape index (κ3) is 3.69. The number of piperazine rings is 1. The second kappa shape index (κ2) is 7.57. The molecule has 2 aliphatic rings. The van der Waals surface area contributed by atoms with Gasteiger partial charge in [0.2, 0.25) is 5.91 Å². The number of rotatable bonds is 4. The molecule has 2 fully saturated rings. The molecule has 7 nitrogen and oxygen atoms in total. The van der Waals surface area contributed by atoms with E-state index in [0.717, 1.165) is 6.42 Å². The number of halogens is 2. The summed E-state index contributed by atoms with van der Waals surface area (Å²) in [7, 11) is 1.79. The number of nitrogens with zero attached hydrogens (tertiary/aromatic N) is 5. The number of para-hydroxylation sites is 1. The van der Waals surface area contributed by atoms with Crippen LogP contribution >= 0.6 is 0 Å². The van der Waals surface area contributed by atoms with Gasteiger partial charge in [0.15, 0.2) is 0 Å². The molecular formula is C19H22F2N6O. The van der Waals surface area contributed by atoms with Gasteiger partial charge in [0.1, 0.15) is 35.3 Å². The van der Waals surface area contributed by atoms with Gasteiger partial charge < -0.3 is 20.0 Å². The molecule has 1 aromatic carbocycles. The van der Waals surface area contributed by atoms with Gasteiger partial charge >= 0.3 is 0 Å². The number of benzene rings is 1. The number of aromatic nitrogens is 2. The lowest BCUT2D eigenvalue weighted by atomic mass is 10.2. The van der Waals surface area contributed by atoms with Gasteiger partial charge in [0.25, 0.3) is 0 Å². The molecule has 148 valence electrons. The average Bonchev–Trinajstić information content (AvgIpc) is 3.12. The van der Waals surface area contributed by atoms with Gasteiger partial charge in [-0.3, -0.25) is 4.79 Å². The van der Waals surface area contributed by atoms with Crippen LogP contribution in [0.2, 0.25) is 0 Å². The maximum atomic E-state index is 14.0. The smallest absolute Gasteiger partial charge is 0.241 e. The van der Waals surface area contributed by atoms with E-state index in [4.69, 9.17) is 0 Å². The molecular weight excluding hydrogens is 366 g/mol. The molecule has 1 atom stereocenters. The Bertz CT molecular complexity index is 859. The van der Waals surface area contributed by atoms with Gasteiger partial charge in [0.05, 0.1) is 6.54 Å². The second-order valence-corrected chi connectivity index (χ2v) is 7.14. The summed E-state index contributed by atoms with van der Waals surface area (Å²) in [5, 5.41) is 3.32. The van der Waals surface area contributed by atoms with Gasteiger partial charge in [-0.05, 0) is 18.6 Å². The lowest BCUT2D eigenvalue weighted by Crippen LogP contribution is -2.48. The number of carbonyl (C=O) groups excluding carboxylic acids is 1. The van der Waals surface area contributed by atoms with Crippen LogP contribution in [0.3, 0.4) is 0 Å². The highest BCUT2D eigenvalue weighted by Crippen LogP contribution is 2.28. The molecule has 1 unspecified atom stereocenters. The van der Waals surface area contributed by atoms with Crippen LogP contribution in [0.5, 0.6) is 0 Å². The molecule has 3 heterocycles. The van der Waals surface area contributed by atoms with Crippen LogP contribution in [-0.2, 0) is 4.79 Å². The Morgan fingerprint density at radius 2 is 1.89 bits per heavy atom. The fourth-order valence-corrected chi connectivity index (χ4v) is 3.63. The Balaban J connectivity index is 1.42. The predicted molar refractivity (Wildman–Crippen MR) is 102 cm³/mol. The van der Waals surface area contributed by atoms with Crippen molar-refractivity contribution in [3.05, 3.63) is 42.2 Å². The molecule has 2 saturated heterocycles. The van der Waals surface area contributed by atoms with Crippen LogP contribution in [0.4, 0.5) is 26.1 Å². The Kier molecular flexibility index (Phi) is 4.97. The minimum Gasteiger partial charge on any atom is -0.365 e. The molecule has 0 aliphatic carbocycles. The molecule has 28 heavy (non-hydrogen) atoms. The zero-order chi connectivity index (χ0) is 19.7. The van der Waals surface area contributed by atoms with Gasteiger partial charge in [-0.15, -0.1) is 0 Å². The van der Waals surface area contributed by atoms with Crippen LogP contribution < -0.4 is 15.1 Å². The Hall–Kier alpha value is -2.97. The highest BCUT2D eigenvalue weighted by Gasteiger charge is 2.27. The predicted octanol–water partition coefficient (Wildman–Crippen LogP) is 1.72. The summed E-state index contributed by atoms with van der Waals surface area (Å²) >= 11 is 0. The van der Waals surface area contributed by atoms with E-state index in [9.17, 15) is 13.6 Å². The van der Waals surface area contributed by atoms with E-state index in [-0.39, 0.29) is 24.2 Å². The molecule has 0 radical (unpaired) electrons. The Morgan fingerprint density at radius 1 is 1.11 bits per heavy atom. The monoisotopic (exact) mass is 388 g/mol. The third-order valence-corrected chi connectivity index (χ3v) is 5.23. The van der Waals surface area contributed by atoms with Gasteiger partial charge in [-0.2, -0.15) is 0 Å². The third-order valence-electron chi connectivity index (χ3n) is 5.23. The van der Waals surface area contributed by atoms with Crippen molar-refractivity contribution in [2.75, 3.05) is 54.9 Å². The van der Waals surface area contributed by atoms with Crippen molar-refractivity contribution >= 4 is 23.2 Å². The van der Waals surface area contributed by atoms with Crippen LogP contribution in [0.15, 0.2) is 30.6 Å². The number of hydrogen-bond acceptors (Lipinski definition) is 6. The molecule has 2 aliphatic heterocycles. The first kappa shape index (κ1) is 18.4. The molecule has 1 N–H and O–H groups in total. The van der Waals surface area contributed by atoms with E-state index in [2.05, 4.69) is 15.3 Å². The average molecular weight is 388 g/mol. The van der Waals surface area contributed by atoms with E-state index in [0.29, 0.717) is 37.8 Å². The van der Waals surface area contributed by atoms with Crippen molar-refractivity contribution in [2.24, 2.45) is 0 Å². The number of anilines is 3. The SMILES string of the molecule is CN1CCN(c2cc(NC3CCN(c4c(F)cccc4F)C3)ncn2)CC1=O. The zero-order valence-electron chi connectivity index (χ0n) is 15.6. The molecule has 9 heteroatoms. The highest BCUT2D eigenvalue weighted by molar-refractivity contribution is 5.82. The largest absolute Gasteiger partial charge is 0.365 e. The number of carbonyl (C=O) groups is 1. The van der Waals surface area contributed by atoms with E-state index in [1.807, 2.05) is 11.0 Å². The number of likely N-dealkylation sites (N-methyl/N-ethyl adjacent to an activating group) is 1. The standard InChI is InChI=1S/C19H22F2N6O/c1-25-7-8-26(11-18(25)28)17-9-16(22-12-23-17)24-13-5-6-27(10-13)19-14(20)3-2-4-15(19)21/h2-4,9,12-13H,5-8,10-11H2,1H3,(H,22,23,24). The fraction of sp³-hybridized carbons (Fsp3) is 0.421. The topological polar surface area (TPSA) is 64.6 Å². The number of hydrogen-bond donors (Lipinski definition) is 1. The molecule has 0 saturated carbocycles. The normalized spacial score (nSPS) is 20.0. The lowest BCUT2D eigenvalue weighted by Gasteiger charge is -2.32. The van der Waals surface area contributed by atoms with Crippen LogP contribution in [0.1, 0.15) is 6.42 Å². The van der Waals surface area contributed by atoms with Crippen molar-refractivity contribution in [1.29, 1.82) is 0 Å². The van der Waals surface area contributed by atoms with Crippen LogP contribution in [0.25, 0.3) is 0 Å². The summed E-state index contributed by atoms with van der Waals surface area (Å²) in [5.74, 6) is 0.276. The molecule has 2 aromatic rings. The van der Waals surface area contributed by atoms with E-state index in [1.165, 1.54) is 24.5 Å². The van der Waals surface area contributed by atoms with E-state index in [1.54, 1.807) is 16.8 Å². The van der Waals surface area contributed by atoms with Crippen molar-refractivity contribution < 1.29 is 13.6 Å². The zero-order valence-corrected chi connectivity index (χ0v) is 15.6. The minimum atomic E-state index is -0.551. The van der Waals surface area contributed by atoms with Crippen molar-refractivity contribution in [2.45, 2.75) is 12.5 Å². The summed E-state index contributed by atoms with van der Waals surface area (Å²) in [5.41, 5.74) is 0.0196. The number of nitrogens with one attached hydrogen (secondary N) is 1. The first-order valence-corrected chi connectivity index (χ1v) is 9.27. The molecule has 4 rings (SSSR count). The summed E-state index contributed by atoms with van der Waals surface area (Å²) < 4.78 is 28.0. The summed E-state index contributed by atoms with van der Waals surface area (Å²) in [4.78, 5) is 25.8. The molecule has 0 spiro atoms. The second-order valence-electron chi connectivity index (χ2n) is 7.14. The van der Waals surface area contributed by atoms with Crippen LogP contribution in [0, 0.1) is 11.6 Å². The lowest BCUT2D eigenvalue weighted by molar-refractivity contribution is -0.129. The van der Waals surface area contributed by atoms with Crippen molar-refractivity contribution in [1.82, 2.24) is 14.9 Å². The van der Waals surface area contributed by atoms with Crippen molar-refractivity contribution in [3.63, 3.8) is 0 Å². The quantitative estimate of drug-likeness (QED) is 0.861. The maximum Gasteiger partial charge on any atom is 0.241 e. The van der Waals surface area contributed by atoms with Crippen LogP contribution in [-0.4, -0.2) is 66.6 Å². The first-order chi connectivity index (χ1) is 13.5. The van der Waals surface area contributed by atoms with Gasteiger partial charge in [-0.1, -0.05) is 6.07 Å². The van der Waals surface area contributed by atoms with E-state index >= 15 is 0 Å².